The molecule has 2 atom stereocenters. The summed E-state index contributed by atoms with van der Waals surface area (Å²) in [7, 11) is 0. The Kier molecular flexibility index (Phi) is 7.95. The lowest BCUT2D eigenvalue weighted by molar-refractivity contribution is 0.00675. The van der Waals surface area contributed by atoms with Crippen LogP contribution in [0, 0.1) is 0 Å². The van der Waals surface area contributed by atoms with E-state index in [0.29, 0.717) is 30.9 Å². The van der Waals surface area contributed by atoms with E-state index in [1.54, 1.807) is 0 Å². The van der Waals surface area contributed by atoms with Crippen molar-refractivity contribution in [3.05, 3.63) is 53.4 Å². The molecule has 24 heavy (non-hydrogen) atoms. The van der Waals surface area contributed by atoms with E-state index in [1.165, 1.54) is 18.0 Å². The van der Waals surface area contributed by atoms with Crippen molar-refractivity contribution in [3.8, 4) is 5.88 Å². The standard InChI is InChI=1S/C18H23ClN2O3/c1-14(23-13-16-6-4-3-5-7-16)8-9-22-12-15(2)24-18-11-20-10-17(19)21-18/h3-7,10-11,14-15H,8-9,12-13H2,1-2H3. The van der Waals surface area contributed by atoms with Crippen LogP contribution >= 0.6 is 11.6 Å². The maximum Gasteiger partial charge on any atom is 0.234 e. The summed E-state index contributed by atoms with van der Waals surface area (Å²) in [6.07, 6.45) is 3.84. The van der Waals surface area contributed by atoms with Crippen LogP contribution in [0.1, 0.15) is 25.8 Å². The third-order valence-corrected chi connectivity index (χ3v) is 3.49. The van der Waals surface area contributed by atoms with Crippen LogP contribution in [-0.2, 0) is 16.1 Å². The molecular formula is C18H23ClN2O3. The van der Waals surface area contributed by atoms with Crippen LogP contribution in [0.5, 0.6) is 5.88 Å². The SMILES string of the molecule is CC(CCOCC(C)Oc1cncc(Cl)n1)OCc1ccccc1. The number of benzene rings is 1. The van der Waals surface area contributed by atoms with Gasteiger partial charge in [-0.3, -0.25) is 4.98 Å². The highest BCUT2D eigenvalue weighted by Gasteiger charge is 2.08. The van der Waals surface area contributed by atoms with Gasteiger partial charge in [-0.05, 0) is 25.8 Å². The number of aromatic nitrogens is 2. The highest BCUT2D eigenvalue weighted by Crippen LogP contribution is 2.11. The summed E-state index contributed by atoms with van der Waals surface area (Å²) in [6.45, 7) is 5.67. The van der Waals surface area contributed by atoms with Gasteiger partial charge in [0, 0.05) is 6.61 Å². The van der Waals surface area contributed by atoms with Crippen LogP contribution in [-0.4, -0.2) is 35.4 Å². The molecule has 0 saturated carbocycles. The van der Waals surface area contributed by atoms with Gasteiger partial charge in [-0.1, -0.05) is 41.9 Å². The Hall–Kier alpha value is -1.69. The van der Waals surface area contributed by atoms with Crippen LogP contribution in [0.3, 0.4) is 0 Å². The fourth-order valence-corrected chi connectivity index (χ4v) is 2.16. The molecule has 6 heteroatoms. The van der Waals surface area contributed by atoms with Gasteiger partial charge >= 0.3 is 0 Å². The Labute approximate surface area is 147 Å². The maximum absolute atomic E-state index is 5.80. The topological polar surface area (TPSA) is 53.5 Å². The van der Waals surface area contributed by atoms with Gasteiger partial charge in [0.25, 0.3) is 0 Å². The summed E-state index contributed by atoms with van der Waals surface area (Å²) >= 11 is 5.77. The highest BCUT2D eigenvalue weighted by molar-refractivity contribution is 6.29. The smallest absolute Gasteiger partial charge is 0.234 e. The van der Waals surface area contributed by atoms with Crippen molar-refractivity contribution in [1.29, 1.82) is 0 Å². The number of rotatable bonds is 10. The largest absolute Gasteiger partial charge is 0.471 e. The molecule has 0 aliphatic heterocycles. The quantitative estimate of drug-likeness (QED) is 0.608. The molecule has 1 aromatic heterocycles. The third-order valence-electron chi connectivity index (χ3n) is 3.30. The molecule has 1 aromatic carbocycles. The molecule has 0 N–H and O–H groups in total. The van der Waals surface area contributed by atoms with Crippen LogP contribution in [0.25, 0.3) is 0 Å². The van der Waals surface area contributed by atoms with E-state index in [9.17, 15) is 0 Å². The van der Waals surface area contributed by atoms with Crippen molar-refractivity contribution in [2.45, 2.75) is 39.1 Å². The molecule has 0 aliphatic rings. The Morgan fingerprint density at radius 3 is 2.62 bits per heavy atom. The van der Waals surface area contributed by atoms with Crippen molar-refractivity contribution < 1.29 is 14.2 Å². The molecule has 2 unspecified atom stereocenters. The summed E-state index contributed by atoms with van der Waals surface area (Å²) in [5, 5.41) is 0.310. The molecule has 130 valence electrons. The van der Waals surface area contributed by atoms with Crippen molar-refractivity contribution in [2.75, 3.05) is 13.2 Å². The van der Waals surface area contributed by atoms with E-state index in [0.717, 1.165) is 6.42 Å². The molecule has 2 aromatic rings. The van der Waals surface area contributed by atoms with E-state index >= 15 is 0 Å². The highest BCUT2D eigenvalue weighted by atomic mass is 35.5. The fraction of sp³-hybridized carbons (Fsp3) is 0.444. The summed E-state index contributed by atoms with van der Waals surface area (Å²) < 4.78 is 17.0. The molecule has 2 rings (SSSR count). The van der Waals surface area contributed by atoms with Crippen LogP contribution in [0.15, 0.2) is 42.7 Å². The predicted octanol–water partition coefficient (Wildman–Crippen LogP) is 3.91. The molecule has 0 spiro atoms. The third kappa shape index (κ3) is 7.25. The Balaban J connectivity index is 1.56. The molecule has 0 radical (unpaired) electrons. The molecule has 0 aliphatic carbocycles. The van der Waals surface area contributed by atoms with Gasteiger partial charge in [0.15, 0.2) is 5.15 Å². The lowest BCUT2D eigenvalue weighted by Crippen LogP contribution is -2.21. The molecule has 0 amide bonds. The average Bonchev–Trinajstić information content (AvgIpc) is 2.58. The first-order valence-electron chi connectivity index (χ1n) is 8.01. The van der Waals surface area contributed by atoms with Gasteiger partial charge in [-0.25, -0.2) is 0 Å². The summed E-state index contributed by atoms with van der Waals surface area (Å²) in [5.74, 6) is 0.401. The molecule has 1 heterocycles. The zero-order chi connectivity index (χ0) is 17.2. The summed E-state index contributed by atoms with van der Waals surface area (Å²) in [6, 6.07) is 10.1. The van der Waals surface area contributed by atoms with Crippen molar-refractivity contribution in [3.63, 3.8) is 0 Å². The summed E-state index contributed by atoms with van der Waals surface area (Å²) in [5.41, 5.74) is 1.18. The molecule has 5 nitrogen and oxygen atoms in total. The summed E-state index contributed by atoms with van der Waals surface area (Å²) in [4.78, 5) is 7.95. The Morgan fingerprint density at radius 2 is 1.88 bits per heavy atom. The van der Waals surface area contributed by atoms with Crippen molar-refractivity contribution >= 4 is 11.6 Å². The molecule has 0 bridgehead atoms. The van der Waals surface area contributed by atoms with Crippen LogP contribution in [0.4, 0.5) is 0 Å². The first-order chi connectivity index (χ1) is 11.6. The minimum absolute atomic E-state index is 0.127. The van der Waals surface area contributed by atoms with Crippen molar-refractivity contribution in [2.24, 2.45) is 0 Å². The van der Waals surface area contributed by atoms with E-state index in [1.807, 2.05) is 32.0 Å². The van der Waals surface area contributed by atoms with E-state index in [4.69, 9.17) is 25.8 Å². The second-order valence-electron chi connectivity index (χ2n) is 5.58. The predicted molar refractivity (Wildman–Crippen MR) is 93.3 cm³/mol. The monoisotopic (exact) mass is 350 g/mol. The van der Waals surface area contributed by atoms with Gasteiger partial charge in [0.05, 0.1) is 31.7 Å². The van der Waals surface area contributed by atoms with Gasteiger partial charge < -0.3 is 14.2 Å². The molecule has 0 fully saturated rings. The van der Waals surface area contributed by atoms with E-state index in [2.05, 4.69) is 22.1 Å². The van der Waals surface area contributed by atoms with Gasteiger partial charge in [0.2, 0.25) is 5.88 Å². The zero-order valence-corrected chi connectivity index (χ0v) is 14.8. The Morgan fingerprint density at radius 1 is 1.08 bits per heavy atom. The van der Waals surface area contributed by atoms with Gasteiger partial charge in [-0.15, -0.1) is 0 Å². The zero-order valence-electron chi connectivity index (χ0n) is 14.0. The van der Waals surface area contributed by atoms with Crippen LogP contribution < -0.4 is 4.74 Å². The minimum Gasteiger partial charge on any atom is -0.471 e. The lowest BCUT2D eigenvalue weighted by Gasteiger charge is -2.16. The normalized spacial score (nSPS) is 13.5. The van der Waals surface area contributed by atoms with Crippen LogP contribution in [0.2, 0.25) is 5.15 Å². The van der Waals surface area contributed by atoms with E-state index in [-0.39, 0.29) is 12.2 Å². The first-order valence-corrected chi connectivity index (χ1v) is 8.38. The molecule has 0 saturated heterocycles. The second kappa shape index (κ2) is 10.2. The Bertz CT molecular complexity index is 598. The average molecular weight is 351 g/mol. The number of halogens is 1. The van der Waals surface area contributed by atoms with E-state index < -0.39 is 0 Å². The van der Waals surface area contributed by atoms with Gasteiger partial charge in [-0.2, -0.15) is 4.98 Å². The number of nitrogens with zero attached hydrogens (tertiary/aromatic N) is 2. The number of hydrogen-bond acceptors (Lipinski definition) is 5. The number of ether oxygens (including phenoxy) is 3. The second-order valence-corrected chi connectivity index (χ2v) is 5.97. The first kappa shape index (κ1) is 18.6. The molecular weight excluding hydrogens is 328 g/mol. The number of hydrogen-bond donors (Lipinski definition) is 0. The van der Waals surface area contributed by atoms with Gasteiger partial charge in [0.1, 0.15) is 6.10 Å². The van der Waals surface area contributed by atoms with Crippen molar-refractivity contribution in [1.82, 2.24) is 9.97 Å². The maximum atomic E-state index is 5.80. The lowest BCUT2D eigenvalue weighted by atomic mass is 10.2. The fourth-order valence-electron chi connectivity index (χ4n) is 2.02. The minimum atomic E-state index is -0.127.